The molecule has 2 fully saturated rings. The molecule has 0 atom stereocenters. The Morgan fingerprint density at radius 2 is 1.48 bits per heavy atom. The van der Waals surface area contributed by atoms with Crippen LogP contribution in [0.3, 0.4) is 0 Å². The predicted octanol–water partition coefficient (Wildman–Crippen LogP) is 3.40. The Hall–Kier alpha value is -2.71. The lowest BCUT2D eigenvalue weighted by atomic mass is 10.1. The van der Waals surface area contributed by atoms with Crippen LogP contribution >= 0.6 is 0 Å². The van der Waals surface area contributed by atoms with Crippen LogP contribution in [0.15, 0.2) is 53.4 Å². The molecule has 2 aliphatic rings. The summed E-state index contributed by atoms with van der Waals surface area (Å²) in [6, 6.07) is 13.0. The Morgan fingerprint density at radius 1 is 0.839 bits per heavy atom. The van der Waals surface area contributed by atoms with Crippen molar-refractivity contribution in [3.05, 3.63) is 59.7 Å². The van der Waals surface area contributed by atoms with Crippen molar-refractivity contribution in [1.29, 1.82) is 0 Å². The highest BCUT2D eigenvalue weighted by atomic mass is 32.2. The number of para-hydroxylation sites is 1. The van der Waals surface area contributed by atoms with E-state index < -0.39 is 15.9 Å². The minimum absolute atomic E-state index is 0.182. The largest absolute Gasteiger partial charge is 0.349 e. The minimum Gasteiger partial charge on any atom is -0.349 e. The van der Waals surface area contributed by atoms with E-state index in [9.17, 15) is 18.0 Å². The van der Waals surface area contributed by atoms with Crippen LogP contribution in [0, 0.1) is 0 Å². The van der Waals surface area contributed by atoms with Crippen LogP contribution in [0.2, 0.25) is 0 Å². The maximum Gasteiger partial charge on any atom is 0.255 e. The number of benzene rings is 2. The summed E-state index contributed by atoms with van der Waals surface area (Å²) in [4.78, 5) is 25.6. The summed E-state index contributed by atoms with van der Waals surface area (Å²) in [7, 11) is -3.52. The summed E-state index contributed by atoms with van der Waals surface area (Å²) in [5.41, 5.74) is 1.17. The fourth-order valence-corrected chi connectivity index (χ4v) is 5.69. The van der Waals surface area contributed by atoms with Crippen LogP contribution in [-0.2, 0) is 10.0 Å². The minimum atomic E-state index is -3.52. The SMILES string of the molecule is O=C(Nc1ccccc1C(=O)NC1CCCC1)c1ccc(S(=O)(=O)N2CCCC2)cc1. The molecule has 4 rings (SSSR count). The summed E-state index contributed by atoms with van der Waals surface area (Å²) < 4.78 is 26.8. The van der Waals surface area contributed by atoms with Crippen LogP contribution in [-0.4, -0.2) is 43.7 Å². The van der Waals surface area contributed by atoms with Crippen LogP contribution in [0.4, 0.5) is 5.69 Å². The number of carbonyl (C=O) groups excluding carboxylic acids is 2. The third kappa shape index (κ3) is 4.80. The van der Waals surface area contributed by atoms with Gasteiger partial charge in [-0.3, -0.25) is 9.59 Å². The average Bonchev–Trinajstić information content (AvgIpc) is 3.49. The van der Waals surface area contributed by atoms with Gasteiger partial charge in [-0.25, -0.2) is 8.42 Å². The van der Waals surface area contributed by atoms with Gasteiger partial charge in [-0.2, -0.15) is 4.31 Å². The zero-order chi connectivity index (χ0) is 21.8. The highest BCUT2D eigenvalue weighted by Gasteiger charge is 2.27. The standard InChI is InChI=1S/C23H27N3O4S/c27-22(17-11-13-19(14-12-17)31(29,30)26-15-5-6-16-26)25-21-10-4-3-9-20(21)23(28)24-18-7-1-2-8-18/h3-4,9-14,18H,1-2,5-8,15-16H2,(H,24,28)(H,25,27). The molecule has 2 aromatic carbocycles. The van der Waals surface area contributed by atoms with Gasteiger partial charge in [0.15, 0.2) is 0 Å². The molecule has 0 bridgehead atoms. The monoisotopic (exact) mass is 441 g/mol. The molecule has 7 nitrogen and oxygen atoms in total. The summed E-state index contributed by atoms with van der Waals surface area (Å²) in [5.74, 6) is -0.596. The Bertz CT molecular complexity index is 1050. The Morgan fingerprint density at radius 3 is 2.16 bits per heavy atom. The lowest BCUT2D eigenvalue weighted by molar-refractivity contribution is 0.0938. The van der Waals surface area contributed by atoms with Gasteiger partial charge in [0.05, 0.1) is 16.1 Å². The van der Waals surface area contributed by atoms with Crippen LogP contribution in [0.5, 0.6) is 0 Å². The number of nitrogens with zero attached hydrogens (tertiary/aromatic N) is 1. The average molecular weight is 442 g/mol. The molecule has 1 aliphatic heterocycles. The van der Waals surface area contributed by atoms with Crippen LogP contribution in [0.25, 0.3) is 0 Å². The Kier molecular flexibility index (Phi) is 6.38. The second-order valence-electron chi connectivity index (χ2n) is 8.09. The highest BCUT2D eigenvalue weighted by Crippen LogP contribution is 2.23. The third-order valence-electron chi connectivity index (χ3n) is 5.93. The molecule has 0 spiro atoms. The Labute approximate surface area is 182 Å². The smallest absolute Gasteiger partial charge is 0.255 e. The molecule has 1 aliphatic carbocycles. The zero-order valence-corrected chi connectivity index (χ0v) is 18.2. The van der Waals surface area contributed by atoms with Crippen LogP contribution in [0.1, 0.15) is 59.2 Å². The van der Waals surface area contributed by atoms with Gasteiger partial charge in [0.1, 0.15) is 0 Å². The summed E-state index contributed by atoms with van der Waals surface area (Å²) in [6.45, 7) is 1.06. The van der Waals surface area contributed by atoms with Crippen molar-refractivity contribution in [1.82, 2.24) is 9.62 Å². The molecule has 8 heteroatoms. The van der Waals surface area contributed by atoms with Gasteiger partial charge in [0, 0.05) is 24.7 Å². The number of nitrogens with one attached hydrogen (secondary N) is 2. The first kappa shape index (κ1) is 21.5. The van der Waals surface area contributed by atoms with E-state index in [4.69, 9.17) is 0 Å². The lowest BCUT2D eigenvalue weighted by Gasteiger charge is -2.16. The molecule has 31 heavy (non-hydrogen) atoms. The molecule has 2 amide bonds. The first-order valence-electron chi connectivity index (χ1n) is 10.8. The maximum absolute atomic E-state index is 12.7. The van der Waals surface area contributed by atoms with Crippen LogP contribution < -0.4 is 10.6 Å². The van der Waals surface area contributed by atoms with Crippen molar-refractivity contribution in [2.45, 2.75) is 49.5 Å². The highest BCUT2D eigenvalue weighted by molar-refractivity contribution is 7.89. The first-order chi connectivity index (χ1) is 14.9. The molecule has 0 unspecified atom stereocenters. The summed E-state index contributed by atoms with van der Waals surface area (Å²) >= 11 is 0. The van der Waals surface area contributed by atoms with Crippen molar-refractivity contribution in [2.24, 2.45) is 0 Å². The van der Waals surface area contributed by atoms with E-state index in [-0.39, 0.29) is 16.8 Å². The van der Waals surface area contributed by atoms with Gasteiger partial charge in [0.25, 0.3) is 11.8 Å². The van der Waals surface area contributed by atoms with Crippen molar-refractivity contribution in [2.75, 3.05) is 18.4 Å². The zero-order valence-electron chi connectivity index (χ0n) is 17.3. The molecule has 1 saturated heterocycles. The van der Waals surface area contributed by atoms with E-state index >= 15 is 0 Å². The molecular formula is C23H27N3O4S. The van der Waals surface area contributed by atoms with Gasteiger partial charge in [-0.1, -0.05) is 25.0 Å². The van der Waals surface area contributed by atoms with E-state index in [2.05, 4.69) is 10.6 Å². The number of amides is 2. The number of hydrogen-bond donors (Lipinski definition) is 2. The normalized spacial score (nSPS) is 17.5. The number of hydrogen-bond acceptors (Lipinski definition) is 4. The van der Waals surface area contributed by atoms with E-state index in [1.165, 1.54) is 28.6 Å². The molecule has 2 N–H and O–H groups in total. The number of carbonyl (C=O) groups is 2. The molecule has 0 aromatic heterocycles. The Balaban J connectivity index is 1.46. The number of rotatable bonds is 6. The molecule has 0 radical (unpaired) electrons. The van der Waals surface area contributed by atoms with Crippen molar-refractivity contribution < 1.29 is 18.0 Å². The molecule has 1 heterocycles. The fraction of sp³-hybridized carbons (Fsp3) is 0.391. The maximum atomic E-state index is 12.7. The summed E-state index contributed by atoms with van der Waals surface area (Å²) in [5, 5.41) is 5.82. The van der Waals surface area contributed by atoms with Crippen molar-refractivity contribution >= 4 is 27.5 Å². The van der Waals surface area contributed by atoms with Gasteiger partial charge in [-0.15, -0.1) is 0 Å². The van der Waals surface area contributed by atoms with E-state index in [1.807, 2.05) is 0 Å². The van der Waals surface area contributed by atoms with Crippen molar-refractivity contribution in [3.63, 3.8) is 0 Å². The van der Waals surface area contributed by atoms with E-state index in [0.717, 1.165) is 38.5 Å². The fourth-order valence-electron chi connectivity index (χ4n) is 4.17. The quantitative estimate of drug-likeness (QED) is 0.718. The van der Waals surface area contributed by atoms with Gasteiger partial charge in [0.2, 0.25) is 10.0 Å². The topological polar surface area (TPSA) is 95.6 Å². The second kappa shape index (κ2) is 9.20. The molecule has 1 saturated carbocycles. The van der Waals surface area contributed by atoms with Gasteiger partial charge in [-0.05, 0) is 62.1 Å². The molecule has 164 valence electrons. The third-order valence-corrected chi connectivity index (χ3v) is 7.84. The van der Waals surface area contributed by atoms with Crippen molar-refractivity contribution in [3.8, 4) is 0 Å². The van der Waals surface area contributed by atoms with Gasteiger partial charge < -0.3 is 10.6 Å². The predicted molar refractivity (Wildman–Crippen MR) is 119 cm³/mol. The van der Waals surface area contributed by atoms with E-state index in [1.54, 1.807) is 24.3 Å². The summed E-state index contributed by atoms with van der Waals surface area (Å²) in [6.07, 6.45) is 5.93. The molecule has 2 aromatic rings. The van der Waals surface area contributed by atoms with E-state index in [0.29, 0.717) is 29.9 Å². The number of anilines is 1. The number of sulfonamides is 1. The second-order valence-corrected chi connectivity index (χ2v) is 10.0. The first-order valence-corrected chi connectivity index (χ1v) is 12.2. The lowest BCUT2D eigenvalue weighted by Crippen LogP contribution is -2.33. The van der Waals surface area contributed by atoms with Gasteiger partial charge >= 0.3 is 0 Å². The molecular weight excluding hydrogens is 414 g/mol.